The van der Waals surface area contributed by atoms with Crippen molar-refractivity contribution in [3.05, 3.63) is 63.6 Å². The Balaban J connectivity index is 1.90. The first-order chi connectivity index (χ1) is 11.4. The molecule has 2 amide bonds. The third-order valence-corrected chi connectivity index (χ3v) is 5.56. The van der Waals surface area contributed by atoms with E-state index < -0.39 is 0 Å². The molecule has 3 nitrogen and oxygen atoms in total. The highest BCUT2D eigenvalue weighted by molar-refractivity contribution is 9.10. The maximum atomic E-state index is 12.9. The number of aryl methyl sites for hydroxylation is 2. The minimum absolute atomic E-state index is 0.107. The molecule has 2 aromatic carbocycles. The molecule has 0 aliphatic carbocycles. The van der Waals surface area contributed by atoms with Gasteiger partial charge in [-0.05, 0) is 43.5 Å². The topological polar surface area (TPSA) is 37.4 Å². The summed E-state index contributed by atoms with van der Waals surface area (Å²) in [7, 11) is 0. The molecular formula is C20H20BrNO2. The number of hydrogen-bond acceptors (Lipinski definition) is 2. The van der Waals surface area contributed by atoms with Gasteiger partial charge < -0.3 is 0 Å². The molecule has 0 N–H and O–H groups in total. The predicted octanol–water partition coefficient (Wildman–Crippen LogP) is 4.43. The van der Waals surface area contributed by atoms with Crippen LogP contribution in [0.15, 0.2) is 46.9 Å². The lowest BCUT2D eigenvalue weighted by Gasteiger charge is -2.16. The number of benzene rings is 2. The molecule has 4 heteroatoms. The second-order valence-electron chi connectivity index (χ2n) is 6.53. The van der Waals surface area contributed by atoms with Gasteiger partial charge >= 0.3 is 0 Å². The molecule has 1 aliphatic rings. The Labute approximate surface area is 150 Å². The minimum Gasteiger partial charge on any atom is -0.274 e. The summed E-state index contributed by atoms with van der Waals surface area (Å²) in [5.74, 6) is -0.837. The zero-order valence-electron chi connectivity index (χ0n) is 14.0. The zero-order chi connectivity index (χ0) is 17.4. The first-order valence-electron chi connectivity index (χ1n) is 8.08. The van der Waals surface area contributed by atoms with E-state index >= 15 is 0 Å². The summed E-state index contributed by atoms with van der Waals surface area (Å²) in [4.78, 5) is 26.9. The molecule has 1 saturated heterocycles. The van der Waals surface area contributed by atoms with Crippen LogP contribution in [0.3, 0.4) is 0 Å². The van der Waals surface area contributed by atoms with Gasteiger partial charge in [0.1, 0.15) is 0 Å². The van der Waals surface area contributed by atoms with Crippen LogP contribution in [0.2, 0.25) is 0 Å². The van der Waals surface area contributed by atoms with Crippen molar-refractivity contribution in [3.63, 3.8) is 0 Å². The van der Waals surface area contributed by atoms with Crippen molar-refractivity contribution in [1.29, 1.82) is 0 Å². The number of nitrogens with zero attached hydrogens (tertiary/aromatic N) is 1. The summed E-state index contributed by atoms with van der Waals surface area (Å²) in [5.41, 5.74) is 3.97. The van der Waals surface area contributed by atoms with Crippen molar-refractivity contribution in [2.24, 2.45) is 11.8 Å². The van der Waals surface area contributed by atoms with Crippen molar-refractivity contribution < 1.29 is 9.59 Å². The van der Waals surface area contributed by atoms with Crippen molar-refractivity contribution in [1.82, 2.24) is 0 Å². The minimum atomic E-state index is -0.307. The van der Waals surface area contributed by atoms with Crippen molar-refractivity contribution in [2.45, 2.75) is 27.2 Å². The Kier molecular flexibility index (Phi) is 4.59. The lowest BCUT2D eigenvalue weighted by atomic mass is 9.90. The van der Waals surface area contributed by atoms with E-state index in [0.29, 0.717) is 12.1 Å². The van der Waals surface area contributed by atoms with E-state index in [4.69, 9.17) is 0 Å². The van der Waals surface area contributed by atoms with Gasteiger partial charge in [0, 0.05) is 10.4 Å². The summed E-state index contributed by atoms with van der Waals surface area (Å²) in [6.07, 6.45) is 0.594. The molecule has 0 radical (unpaired) electrons. The van der Waals surface area contributed by atoms with Gasteiger partial charge in [0.05, 0.1) is 11.6 Å². The Morgan fingerprint density at radius 1 is 1.04 bits per heavy atom. The van der Waals surface area contributed by atoms with Crippen LogP contribution in [0.25, 0.3) is 0 Å². The molecule has 0 saturated carbocycles. The first kappa shape index (κ1) is 16.9. The molecule has 2 atom stereocenters. The van der Waals surface area contributed by atoms with Crippen LogP contribution in [-0.2, 0) is 16.0 Å². The maximum absolute atomic E-state index is 12.9. The van der Waals surface area contributed by atoms with E-state index in [-0.39, 0.29) is 23.7 Å². The van der Waals surface area contributed by atoms with Gasteiger partial charge in [-0.2, -0.15) is 0 Å². The number of halogens is 1. The van der Waals surface area contributed by atoms with E-state index in [1.54, 1.807) is 0 Å². The van der Waals surface area contributed by atoms with Gasteiger partial charge in [0.25, 0.3) is 0 Å². The smallest absolute Gasteiger partial charge is 0.238 e. The van der Waals surface area contributed by atoms with E-state index in [1.165, 1.54) is 4.90 Å². The molecular weight excluding hydrogens is 366 g/mol. The van der Waals surface area contributed by atoms with E-state index in [0.717, 1.165) is 21.2 Å². The van der Waals surface area contributed by atoms with Crippen LogP contribution in [0.4, 0.5) is 5.69 Å². The number of anilines is 1. The lowest BCUT2D eigenvalue weighted by molar-refractivity contribution is -0.122. The van der Waals surface area contributed by atoms with Crippen LogP contribution in [0.5, 0.6) is 0 Å². The van der Waals surface area contributed by atoms with Crippen LogP contribution in [-0.4, -0.2) is 11.8 Å². The van der Waals surface area contributed by atoms with Crippen molar-refractivity contribution >= 4 is 33.4 Å². The highest BCUT2D eigenvalue weighted by atomic mass is 79.9. The monoisotopic (exact) mass is 385 g/mol. The van der Waals surface area contributed by atoms with Gasteiger partial charge in [-0.1, -0.05) is 58.7 Å². The Hall–Kier alpha value is -1.94. The molecule has 2 aromatic rings. The number of imide groups is 1. The number of amides is 2. The standard InChI is InChI=1S/C20H20BrNO2/c1-12-5-4-6-15(9-12)10-17-14(3)19(23)22(20(17)24)16-8-7-13(2)18(21)11-16/h4-9,11,14,17H,10H2,1-3H3/t14-,17+/m0/s1. The number of carbonyl (C=O) groups is 2. The SMILES string of the molecule is Cc1cccc(C[C@H]2C(=O)N(c3ccc(C)c(Br)c3)C(=O)[C@H]2C)c1. The van der Waals surface area contributed by atoms with Crippen LogP contribution in [0.1, 0.15) is 23.6 Å². The Morgan fingerprint density at radius 2 is 1.79 bits per heavy atom. The number of carbonyl (C=O) groups excluding carboxylic acids is 2. The molecule has 1 heterocycles. The molecule has 0 aromatic heterocycles. The average molecular weight is 386 g/mol. The Bertz CT molecular complexity index is 815. The molecule has 1 aliphatic heterocycles. The lowest BCUT2D eigenvalue weighted by Crippen LogP contribution is -2.31. The highest BCUT2D eigenvalue weighted by Gasteiger charge is 2.45. The summed E-state index contributed by atoms with van der Waals surface area (Å²) in [6, 6.07) is 13.7. The third-order valence-electron chi connectivity index (χ3n) is 4.70. The molecule has 1 fully saturated rings. The van der Waals surface area contributed by atoms with Gasteiger partial charge in [0.15, 0.2) is 0 Å². The molecule has 124 valence electrons. The fraction of sp³-hybridized carbons (Fsp3) is 0.300. The average Bonchev–Trinajstić information content (AvgIpc) is 2.74. The second kappa shape index (κ2) is 6.52. The quantitative estimate of drug-likeness (QED) is 0.732. The molecule has 0 unspecified atom stereocenters. The summed E-state index contributed by atoms with van der Waals surface area (Å²) in [6.45, 7) is 5.86. The summed E-state index contributed by atoms with van der Waals surface area (Å²) in [5, 5.41) is 0. The van der Waals surface area contributed by atoms with Crippen molar-refractivity contribution in [2.75, 3.05) is 4.90 Å². The van der Waals surface area contributed by atoms with Gasteiger partial charge in [-0.15, -0.1) is 0 Å². The maximum Gasteiger partial charge on any atom is 0.238 e. The molecule has 0 spiro atoms. The molecule has 24 heavy (non-hydrogen) atoms. The van der Waals surface area contributed by atoms with Crippen LogP contribution >= 0.6 is 15.9 Å². The summed E-state index contributed by atoms with van der Waals surface area (Å²) < 4.78 is 0.899. The van der Waals surface area contributed by atoms with Gasteiger partial charge in [0.2, 0.25) is 11.8 Å². The predicted molar refractivity (Wildman–Crippen MR) is 98.9 cm³/mol. The number of hydrogen-bond donors (Lipinski definition) is 0. The fourth-order valence-corrected chi connectivity index (χ4v) is 3.56. The normalized spacial score (nSPS) is 20.8. The van der Waals surface area contributed by atoms with Crippen LogP contribution in [0, 0.1) is 25.7 Å². The van der Waals surface area contributed by atoms with Crippen LogP contribution < -0.4 is 4.90 Å². The summed E-state index contributed by atoms with van der Waals surface area (Å²) >= 11 is 3.48. The molecule has 3 rings (SSSR count). The van der Waals surface area contributed by atoms with E-state index in [2.05, 4.69) is 22.0 Å². The van der Waals surface area contributed by atoms with Gasteiger partial charge in [-0.25, -0.2) is 0 Å². The van der Waals surface area contributed by atoms with Crippen molar-refractivity contribution in [3.8, 4) is 0 Å². The fourth-order valence-electron chi connectivity index (χ4n) is 3.20. The largest absolute Gasteiger partial charge is 0.274 e. The third kappa shape index (κ3) is 3.03. The van der Waals surface area contributed by atoms with E-state index in [1.807, 2.05) is 57.2 Å². The Morgan fingerprint density at radius 3 is 2.46 bits per heavy atom. The molecule has 0 bridgehead atoms. The first-order valence-corrected chi connectivity index (χ1v) is 8.87. The zero-order valence-corrected chi connectivity index (χ0v) is 15.6. The second-order valence-corrected chi connectivity index (χ2v) is 7.39. The highest BCUT2D eigenvalue weighted by Crippen LogP contribution is 2.34. The van der Waals surface area contributed by atoms with E-state index in [9.17, 15) is 9.59 Å². The van der Waals surface area contributed by atoms with Gasteiger partial charge in [-0.3, -0.25) is 14.5 Å². The number of rotatable bonds is 3.